The number of ether oxygens (including phenoxy) is 1. The van der Waals surface area contributed by atoms with Crippen LogP contribution in [0.25, 0.3) is 0 Å². The van der Waals surface area contributed by atoms with E-state index in [4.69, 9.17) is 11.6 Å². The van der Waals surface area contributed by atoms with Crippen molar-refractivity contribution in [3.05, 3.63) is 34.1 Å². The Morgan fingerprint density at radius 2 is 1.90 bits per heavy atom. The monoisotopic (exact) mass is 300 g/mol. The number of ketones is 1. The Kier molecular flexibility index (Phi) is 5.28. The lowest BCUT2D eigenvalue weighted by Gasteiger charge is -2.17. The maximum atomic E-state index is 13.8. The van der Waals surface area contributed by atoms with Gasteiger partial charge in [0.25, 0.3) is 0 Å². The van der Waals surface area contributed by atoms with Crippen LogP contribution in [0.15, 0.2) is 12.1 Å². The molecule has 0 saturated carbocycles. The molecule has 1 rings (SSSR count). The Bertz CT molecular complexity index is 533. The quantitative estimate of drug-likeness (QED) is 0.794. The fourth-order valence-electron chi connectivity index (χ4n) is 1.71. The zero-order valence-electron chi connectivity index (χ0n) is 12.0. The summed E-state index contributed by atoms with van der Waals surface area (Å²) in [5.74, 6) is -1.14. The van der Waals surface area contributed by atoms with Crippen LogP contribution in [-0.2, 0) is 16.0 Å². The van der Waals surface area contributed by atoms with Gasteiger partial charge in [0.2, 0.25) is 0 Å². The highest BCUT2D eigenvalue weighted by atomic mass is 35.5. The average Bonchev–Trinajstić information content (AvgIpc) is 2.36. The lowest BCUT2D eigenvalue weighted by Crippen LogP contribution is -2.20. The number of halogens is 2. The molecule has 0 aliphatic heterocycles. The van der Waals surface area contributed by atoms with Gasteiger partial charge in [0.05, 0.1) is 17.7 Å². The maximum Gasteiger partial charge on any atom is 0.339 e. The molecule has 0 heterocycles. The molecule has 0 amide bonds. The second kappa shape index (κ2) is 6.35. The molecule has 0 radical (unpaired) electrons. The lowest BCUT2D eigenvalue weighted by molar-refractivity contribution is -0.126. The molecule has 1 aromatic carbocycles. The number of hydrogen-bond acceptors (Lipinski definition) is 3. The van der Waals surface area contributed by atoms with Gasteiger partial charge in [-0.05, 0) is 18.6 Å². The summed E-state index contributed by atoms with van der Waals surface area (Å²) in [5.41, 5.74) is -0.205. The Hall–Kier alpha value is -1.42. The topological polar surface area (TPSA) is 43.4 Å². The molecule has 0 bridgehead atoms. The molecule has 0 N–H and O–H groups in total. The van der Waals surface area contributed by atoms with Crippen LogP contribution in [0.1, 0.15) is 43.1 Å². The van der Waals surface area contributed by atoms with E-state index in [-0.39, 0.29) is 34.8 Å². The highest BCUT2D eigenvalue weighted by Gasteiger charge is 2.23. The van der Waals surface area contributed by atoms with Crippen molar-refractivity contribution in [2.24, 2.45) is 5.41 Å². The molecule has 0 aliphatic carbocycles. The van der Waals surface area contributed by atoms with Crippen LogP contribution >= 0.6 is 11.6 Å². The summed E-state index contributed by atoms with van der Waals surface area (Å²) >= 11 is 6.03. The fraction of sp³-hybridized carbons (Fsp3) is 0.467. The van der Waals surface area contributed by atoms with Crippen LogP contribution in [0.3, 0.4) is 0 Å². The number of carbonyl (C=O) groups is 2. The van der Waals surface area contributed by atoms with Crippen LogP contribution < -0.4 is 0 Å². The summed E-state index contributed by atoms with van der Waals surface area (Å²) in [6.07, 6.45) is 0.330. The molecule has 1 aromatic rings. The van der Waals surface area contributed by atoms with E-state index in [1.54, 1.807) is 20.8 Å². The van der Waals surface area contributed by atoms with Gasteiger partial charge in [0.15, 0.2) is 0 Å². The summed E-state index contributed by atoms with van der Waals surface area (Å²) in [7, 11) is 1.23. The van der Waals surface area contributed by atoms with Gasteiger partial charge in [-0.2, -0.15) is 0 Å². The summed E-state index contributed by atoms with van der Waals surface area (Å²) in [6.45, 7) is 5.41. The van der Waals surface area contributed by atoms with E-state index in [1.165, 1.54) is 13.2 Å². The molecular formula is C15H18ClFO3. The SMILES string of the molecule is COC(=O)c1ccc(F)c(CCC(=O)C(C)(C)C)c1Cl. The summed E-state index contributed by atoms with van der Waals surface area (Å²) < 4.78 is 18.4. The van der Waals surface area contributed by atoms with Crippen LogP contribution in [-0.4, -0.2) is 18.9 Å². The zero-order valence-corrected chi connectivity index (χ0v) is 12.8. The first-order valence-electron chi connectivity index (χ1n) is 6.27. The van der Waals surface area contributed by atoms with Gasteiger partial charge in [-0.25, -0.2) is 9.18 Å². The number of methoxy groups -OCH3 is 1. The predicted molar refractivity (Wildman–Crippen MR) is 75.5 cm³/mol. The van der Waals surface area contributed by atoms with Crippen molar-refractivity contribution in [3.63, 3.8) is 0 Å². The second-order valence-corrected chi connectivity index (χ2v) is 5.93. The highest BCUT2D eigenvalue weighted by Crippen LogP contribution is 2.27. The molecule has 110 valence electrons. The number of hydrogen-bond donors (Lipinski definition) is 0. The predicted octanol–water partition coefficient (Wildman–Crippen LogP) is 3.81. The minimum Gasteiger partial charge on any atom is -0.465 e. The molecule has 5 heteroatoms. The Labute approximate surface area is 123 Å². The molecule has 0 spiro atoms. The Balaban J connectivity index is 3.01. The van der Waals surface area contributed by atoms with Crippen molar-refractivity contribution in [3.8, 4) is 0 Å². The number of benzene rings is 1. The van der Waals surface area contributed by atoms with E-state index in [9.17, 15) is 14.0 Å². The second-order valence-electron chi connectivity index (χ2n) is 5.55. The average molecular weight is 301 g/mol. The van der Waals surface area contributed by atoms with E-state index >= 15 is 0 Å². The first-order valence-corrected chi connectivity index (χ1v) is 6.64. The maximum absolute atomic E-state index is 13.8. The molecule has 0 fully saturated rings. The van der Waals surface area contributed by atoms with Crippen molar-refractivity contribution in [1.82, 2.24) is 0 Å². The van der Waals surface area contributed by atoms with Crippen molar-refractivity contribution in [2.75, 3.05) is 7.11 Å². The van der Waals surface area contributed by atoms with Crippen molar-refractivity contribution in [1.29, 1.82) is 0 Å². The van der Waals surface area contributed by atoms with E-state index in [1.807, 2.05) is 0 Å². The first kappa shape index (κ1) is 16.6. The smallest absolute Gasteiger partial charge is 0.339 e. The third kappa shape index (κ3) is 3.79. The fourth-order valence-corrected chi connectivity index (χ4v) is 2.03. The van der Waals surface area contributed by atoms with Gasteiger partial charge >= 0.3 is 5.97 Å². The van der Waals surface area contributed by atoms with Gasteiger partial charge < -0.3 is 4.74 Å². The molecular weight excluding hydrogens is 283 g/mol. The van der Waals surface area contributed by atoms with E-state index < -0.39 is 17.2 Å². The summed E-state index contributed by atoms with van der Waals surface area (Å²) in [5, 5.41) is 0.0126. The molecule has 0 atom stereocenters. The van der Waals surface area contributed by atoms with Crippen LogP contribution in [0.4, 0.5) is 4.39 Å². The van der Waals surface area contributed by atoms with E-state index in [2.05, 4.69) is 4.74 Å². The van der Waals surface area contributed by atoms with Crippen LogP contribution in [0.5, 0.6) is 0 Å². The molecule has 0 aromatic heterocycles. The number of carbonyl (C=O) groups excluding carboxylic acids is 2. The van der Waals surface area contributed by atoms with Crippen molar-refractivity contribution >= 4 is 23.4 Å². The normalized spacial score (nSPS) is 11.3. The van der Waals surface area contributed by atoms with Gasteiger partial charge in [-0.1, -0.05) is 32.4 Å². The van der Waals surface area contributed by atoms with E-state index in [0.29, 0.717) is 0 Å². The van der Waals surface area contributed by atoms with Crippen molar-refractivity contribution < 1.29 is 18.7 Å². The third-order valence-electron chi connectivity index (χ3n) is 3.03. The van der Waals surface area contributed by atoms with Crippen LogP contribution in [0, 0.1) is 11.2 Å². The molecule has 0 saturated heterocycles. The van der Waals surface area contributed by atoms with Gasteiger partial charge in [0, 0.05) is 17.4 Å². The standard InChI is InChI=1S/C15H18ClFO3/c1-15(2,3)12(18)8-6-9-11(17)7-5-10(13(9)16)14(19)20-4/h5,7H,6,8H2,1-4H3. The van der Waals surface area contributed by atoms with Gasteiger partial charge in [-0.3, -0.25) is 4.79 Å². The van der Waals surface area contributed by atoms with Crippen LogP contribution in [0.2, 0.25) is 5.02 Å². The number of esters is 1. The van der Waals surface area contributed by atoms with E-state index in [0.717, 1.165) is 6.07 Å². The number of Topliss-reactive ketones (excluding diaryl/α,β-unsaturated/α-hetero) is 1. The molecule has 20 heavy (non-hydrogen) atoms. The molecule has 3 nitrogen and oxygen atoms in total. The lowest BCUT2D eigenvalue weighted by atomic mass is 9.87. The number of rotatable bonds is 4. The largest absolute Gasteiger partial charge is 0.465 e. The van der Waals surface area contributed by atoms with Gasteiger partial charge in [-0.15, -0.1) is 0 Å². The van der Waals surface area contributed by atoms with Gasteiger partial charge in [0.1, 0.15) is 11.6 Å². The van der Waals surface area contributed by atoms with Crippen molar-refractivity contribution in [2.45, 2.75) is 33.6 Å². The molecule has 0 aliphatic rings. The molecule has 0 unspecified atom stereocenters. The Morgan fingerprint density at radius 1 is 1.30 bits per heavy atom. The summed E-state index contributed by atoms with van der Waals surface area (Å²) in [6, 6.07) is 2.44. The highest BCUT2D eigenvalue weighted by molar-refractivity contribution is 6.34. The third-order valence-corrected chi connectivity index (χ3v) is 3.46. The zero-order chi connectivity index (χ0) is 15.5. The first-order chi connectivity index (χ1) is 9.18. The minimum absolute atomic E-state index is 0.0106. The summed E-state index contributed by atoms with van der Waals surface area (Å²) in [4.78, 5) is 23.4. The minimum atomic E-state index is -0.626. The Morgan fingerprint density at radius 3 is 2.40 bits per heavy atom.